The molecule has 2 aromatic heterocycles. The summed E-state index contributed by atoms with van der Waals surface area (Å²) < 4.78 is 0. The Morgan fingerprint density at radius 1 is 1.23 bits per heavy atom. The van der Waals surface area contributed by atoms with E-state index in [1.807, 2.05) is 18.3 Å². The molecule has 0 unspecified atom stereocenters. The average Bonchev–Trinajstić information content (AvgIpc) is 2.82. The van der Waals surface area contributed by atoms with Gasteiger partial charge in [-0.25, -0.2) is 9.97 Å². The fraction of sp³-hybridized carbons (Fsp3) is 0.647. The van der Waals surface area contributed by atoms with Gasteiger partial charge in [-0.05, 0) is 56.9 Å². The summed E-state index contributed by atoms with van der Waals surface area (Å²) in [5.41, 5.74) is 1.50. The van der Waals surface area contributed by atoms with E-state index in [2.05, 4.69) is 16.9 Å². The van der Waals surface area contributed by atoms with Crippen LogP contribution in [0.1, 0.15) is 41.9 Å². The van der Waals surface area contributed by atoms with Gasteiger partial charge < -0.3 is 10.0 Å². The van der Waals surface area contributed by atoms with Gasteiger partial charge in [-0.2, -0.15) is 0 Å². The van der Waals surface area contributed by atoms with Crippen LogP contribution in [0.3, 0.4) is 0 Å². The Morgan fingerprint density at radius 3 is 2.77 bits per heavy atom. The summed E-state index contributed by atoms with van der Waals surface area (Å²) in [6.45, 7) is 2.97. The highest BCUT2D eigenvalue weighted by Gasteiger charge is 2.29. The number of anilines is 1. The molecule has 2 aliphatic rings. The Kier molecular flexibility index (Phi) is 3.57. The zero-order valence-electron chi connectivity index (χ0n) is 13.3. The second-order valence-corrected chi connectivity index (χ2v) is 7.94. The van der Waals surface area contributed by atoms with Crippen LogP contribution in [0.15, 0.2) is 0 Å². The standard InChI is InChI=1S/C17H23N3OS/c1-10-18-16(20(2)9-11-7-12(21)8-11)15-13-5-3-4-6-14(13)22-17(15)19-10/h11-12,21H,3-9H2,1-2H3. The van der Waals surface area contributed by atoms with Gasteiger partial charge in [-0.15, -0.1) is 11.3 Å². The number of hydrogen-bond donors (Lipinski definition) is 1. The van der Waals surface area contributed by atoms with Crippen molar-refractivity contribution in [1.29, 1.82) is 0 Å². The average molecular weight is 317 g/mol. The molecule has 0 spiro atoms. The minimum Gasteiger partial charge on any atom is -0.393 e. The Labute approximate surface area is 135 Å². The predicted molar refractivity (Wildman–Crippen MR) is 90.8 cm³/mol. The van der Waals surface area contributed by atoms with Crippen LogP contribution in [0.4, 0.5) is 5.82 Å². The predicted octanol–water partition coefficient (Wildman–Crippen LogP) is 3.09. The summed E-state index contributed by atoms with van der Waals surface area (Å²) in [5, 5.41) is 10.8. The number of aliphatic hydroxyl groups excluding tert-OH is 1. The van der Waals surface area contributed by atoms with Gasteiger partial charge in [-0.1, -0.05) is 0 Å². The number of aliphatic hydroxyl groups is 1. The quantitative estimate of drug-likeness (QED) is 0.945. The number of rotatable bonds is 3. The normalized spacial score (nSPS) is 24.1. The van der Waals surface area contributed by atoms with Crippen molar-refractivity contribution < 1.29 is 5.11 Å². The first-order valence-electron chi connectivity index (χ1n) is 8.30. The fourth-order valence-corrected chi connectivity index (χ4v) is 5.14. The number of nitrogens with zero attached hydrogens (tertiary/aromatic N) is 3. The monoisotopic (exact) mass is 317 g/mol. The van der Waals surface area contributed by atoms with Crippen LogP contribution < -0.4 is 4.90 Å². The highest BCUT2D eigenvalue weighted by molar-refractivity contribution is 7.19. The number of aromatic nitrogens is 2. The molecule has 0 bridgehead atoms. The SMILES string of the molecule is Cc1nc(N(C)CC2CC(O)C2)c2c3c(sc2n1)CCCC3. The number of fused-ring (bicyclic) bond motifs is 3. The molecule has 118 valence electrons. The summed E-state index contributed by atoms with van der Waals surface area (Å²) in [6.07, 6.45) is 6.73. The summed E-state index contributed by atoms with van der Waals surface area (Å²) in [7, 11) is 2.14. The third-order valence-corrected chi connectivity index (χ3v) is 6.20. The summed E-state index contributed by atoms with van der Waals surface area (Å²) >= 11 is 1.87. The maximum atomic E-state index is 9.50. The molecule has 1 N–H and O–H groups in total. The molecule has 2 aliphatic carbocycles. The van der Waals surface area contributed by atoms with Gasteiger partial charge in [0.05, 0.1) is 11.5 Å². The Morgan fingerprint density at radius 2 is 2.00 bits per heavy atom. The van der Waals surface area contributed by atoms with Crippen molar-refractivity contribution >= 4 is 27.4 Å². The van der Waals surface area contributed by atoms with Crippen molar-refractivity contribution in [3.05, 3.63) is 16.3 Å². The third kappa shape index (κ3) is 2.40. The summed E-state index contributed by atoms with van der Waals surface area (Å²) in [4.78, 5) is 14.4. The molecule has 1 saturated carbocycles. The van der Waals surface area contributed by atoms with E-state index in [9.17, 15) is 5.11 Å². The van der Waals surface area contributed by atoms with Gasteiger partial charge in [0, 0.05) is 18.5 Å². The van der Waals surface area contributed by atoms with E-state index in [1.165, 1.54) is 41.5 Å². The molecule has 4 rings (SSSR count). The van der Waals surface area contributed by atoms with Crippen LogP contribution in [-0.4, -0.2) is 34.8 Å². The first kappa shape index (κ1) is 14.4. The molecule has 0 aliphatic heterocycles. The smallest absolute Gasteiger partial charge is 0.141 e. The molecular weight excluding hydrogens is 294 g/mol. The number of hydrogen-bond acceptors (Lipinski definition) is 5. The van der Waals surface area contributed by atoms with Gasteiger partial charge in [-0.3, -0.25) is 0 Å². The molecule has 2 aromatic rings. The van der Waals surface area contributed by atoms with Crippen molar-refractivity contribution in [2.24, 2.45) is 5.92 Å². The highest BCUT2D eigenvalue weighted by atomic mass is 32.1. The topological polar surface area (TPSA) is 49.2 Å². The molecule has 0 saturated heterocycles. The van der Waals surface area contributed by atoms with Crippen LogP contribution in [0.2, 0.25) is 0 Å². The van der Waals surface area contributed by atoms with E-state index >= 15 is 0 Å². The Hall–Kier alpha value is -1.20. The Bertz CT molecular complexity index is 705. The zero-order chi connectivity index (χ0) is 15.3. The summed E-state index contributed by atoms with van der Waals surface area (Å²) in [6, 6.07) is 0. The van der Waals surface area contributed by atoms with Crippen LogP contribution in [-0.2, 0) is 12.8 Å². The minimum absolute atomic E-state index is 0.0838. The molecule has 4 nitrogen and oxygen atoms in total. The molecule has 5 heteroatoms. The van der Waals surface area contributed by atoms with Crippen LogP contribution in [0.25, 0.3) is 10.2 Å². The lowest BCUT2D eigenvalue weighted by Gasteiger charge is -2.35. The molecule has 1 fully saturated rings. The molecule has 0 radical (unpaired) electrons. The number of aryl methyl sites for hydroxylation is 3. The van der Waals surface area contributed by atoms with Crippen LogP contribution in [0, 0.1) is 12.8 Å². The number of thiophene rings is 1. The summed E-state index contributed by atoms with van der Waals surface area (Å²) in [5.74, 6) is 2.56. The minimum atomic E-state index is -0.0838. The van der Waals surface area contributed by atoms with Crippen molar-refractivity contribution in [2.75, 3.05) is 18.5 Å². The second kappa shape index (κ2) is 5.46. The Balaban J connectivity index is 1.73. The first-order valence-corrected chi connectivity index (χ1v) is 9.11. The maximum absolute atomic E-state index is 9.50. The first-order chi connectivity index (χ1) is 10.6. The molecule has 2 heterocycles. The fourth-order valence-electron chi connectivity index (χ4n) is 3.84. The van der Waals surface area contributed by atoms with Gasteiger partial charge in [0.1, 0.15) is 16.5 Å². The van der Waals surface area contributed by atoms with Crippen molar-refractivity contribution in [1.82, 2.24) is 9.97 Å². The third-order valence-electron chi connectivity index (χ3n) is 5.01. The molecule has 22 heavy (non-hydrogen) atoms. The van der Waals surface area contributed by atoms with Crippen molar-refractivity contribution in [3.8, 4) is 0 Å². The van der Waals surface area contributed by atoms with Crippen LogP contribution >= 0.6 is 11.3 Å². The van der Waals surface area contributed by atoms with Crippen LogP contribution in [0.5, 0.6) is 0 Å². The molecular formula is C17H23N3OS. The van der Waals surface area contributed by atoms with Gasteiger partial charge in [0.15, 0.2) is 0 Å². The van der Waals surface area contributed by atoms with E-state index in [0.29, 0.717) is 5.92 Å². The van der Waals surface area contributed by atoms with E-state index in [4.69, 9.17) is 4.98 Å². The van der Waals surface area contributed by atoms with E-state index in [1.54, 1.807) is 0 Å². The zero-order valence-corrected chi connectivity index (χ0v) is 14.1. The molecule has 0 atom stereocenters. The van der Waals surface area contributed by atoms with E-state index in [-0.39, 0.29) is 6.10 Å². The van der Waals surface area contributed by atoms with Crippen molar-refractivity contribution in [3.63, 3.8) is 0 Å². The second-order valence-electron chi connectivity index (χ2n) is 6.86. The molecule has 0 amide bonds. The highest BCUT2D eigenvalue weighted by Crippen LogP contribution is 2.40. The van der Waals surface area contributed by atoms with E-state index < -0.39 is 0 Å². The van der Waals surface area contributed by atoms with E-state index in [0.717, 1.165) is 35.9 Å². The van der Waals surface area contributed by atoms with Gasteiger partial charge in [0.2, 0.25) is 0 Å². The lowest BCUT2D eigenvalue weighted by molar-refractivity contribution is 0.0464. The van der Waals surface area contributed by atoms with Gasteiger partial charge >= 0.3 is 0 Å². The lowest BCUT2D eigenvalue weighted by atomic mass is 9.82. The van der Waals surface area contributed by atoms with Gasteiger partial charge in [0.25, 0.3) is 0 Å². The molecule has 0 aromatic carbocycles. The largest absolute Gasteiger partial charge is 0.393 e. The maximum Gasteiger partial charge on any atom is 0.141 e. The lowest BCUT2D eigenvalue weighted by Crippen LogP contribution is -2.37. The van der Waals surface area contributed by atoms with Crippen molar-refractivity contribution in [2.45, 2.75) is 51.6 Å².